The standard InChI is InChI=1S/C17H33N7O6S/c1-9(25)13(16(29)30)24-15(28)10(4-3-6-21-17(19)20)23-14(27)11(5-7-31-2)22-12(26)8-18/h9-11,13,25H,3-8,18H2,1-2H3,(H,22,26)(H,23,27)(H,24,28)(H,29,30)(H4,19,20,21). The first kappa shape index (κ1) is 28.4. The smallest absolute Gasteiger partial charge is 0.328 e. The quantitative estimate of drug-likeness (QED) is 0.0683. The van der Waals surface area contributed by atoms with Gasteiger partial charge in [0.05, 0.1) is 12.6 Å². The summed E-state index contributed by atoms with van der Waals surface area (Å²) < 4.78 is 0. The van der Waals surface area contributed by atoms with Gasteiger partial charge in [-0.05, 0) is 38.2 Å². The molecular formula is C17H33N7O6S. The Labute approximate surface area is 185 Å². The van der Waals surface area contributed by atoms with E-state index in [2.05, 4.69) is 20.9 Å². The third-order valence-electron chi connectivity index (χ3n) is 4.07. The average Bonchev–Trinajstić information content (AvgIpc) is 2.69. The Kier molecular flexibility index (Phi) is 14.0. The van der Waals surface area contributed by atoms with Gasteiger partial charge in [0.2, 0.25) is 17.7 Å². The predicted octanol–water partition coefficient (Wildman–Crippen LogP) is -3.33. The fourth-order valence-electron chi connectivity index (χ4n) is 2.44. The van der Waals surface area contributed by atoms with E-state index in [9.17, 15) is 29.4 Å². The van der Waals surface area contributed by atoms with E-state index in [0.717, 1.165) is 0 Å². The fraction of sp³-hybridized carbons (Fsp3) is 0.706. The van der Waals surface area contributed by atoms with Crippen molar-refractivity contribution in [2.45, 2.75) is 50.4 Å². The number of carbonyl (C=O) groups excluding carboxylic acids is 3. The lowest BCUT2D eigenvalue weighted by Crippen LogP contribution is -2.57. The van der Waals surface area contributed by atoms with E-state index >= 15 is 0 Å². The highest BCUT2D eigenvalue weighted by Crippen LogP contribution is 2.05. The lowest BCUT2D eigenvalue weighted by molar-refractivity contribution is -0.145. The molecule has 4 unspecified atom stereocenters. The van der Waals surface area contributed by atoms with Crippen molar-refractivity contribution in [1.29, 1.82) is 0 Å². The maximum absolute atomic E-state index is 12.7. The summed E-state index contributed by atoms with van der Waals surface area (Å²) in [6, 6.07) is -3.63. The first-order valence-electron chi connectivity index (χ1n) is 9.58. The van der Waals surface area contributed by atoms with Crippen LogP contribution in [0.25, 0.3) is 0 Å². The number of amides is 3. The van der Waals surface area contributed by atoms with Crippen LogP contribution in [0.3, 0.4) is 0 Å². The number of carboxylic acids is 1. The zero-order valence-electron chi connectivity index (χ0n) is 17.7. The second kappa shape index (κ2) is 15.3. The number of aliphatic hydroxyl groups excluding tert-OH is 1. The van der Waals surface area contributed by atoms with E-state index in [4.69, 9.17) is 17.2 Å². The molecule has 13 nitrogen and oxygen atoms in total. The molecule has 0 heterocycles. The number of aliphatic imine (C=N–C) groups is 1. The van der Waals surface area contributed by atoms with Crippen LogP contribution >= 0.6 is 11.8 Å². The van der Waals surface area contributed by atoms with Crippen molar-refractivity contribution < 1.29 is 29.4 Å². The summed E-state index contributed by atoms with van der Waals surface area (Å²) >= 11 is 1.47. The van der Waals surface area contributed by atoms with Crippen LogP contribution in [-0.4, -0.2) is 89.2 Å². The number of aliphatic hydroxyl groups is 1. The van der Waals surface area contributed by atoms with E-state index in [1.54, 1.807) is 0 Å². The van der Waals surface area contributed by atoms with Crippen LogP contribution in [0.15, 0.2) is 4.99 Å². The number of nitrogens with one attached hydrogen (secondary N) is 3. The maximum Gasteiger partial charge on any atom is 0.328 e. The average molecular weight is 464 g/mol. The number of hydrogen-bond acceptors (Lipinski definition) is 8. The zero-order valence-corrected chi connectivity index (χ0v) is 18.5. The first-order chi connectivity index (χ1) is 14.5. The summed E-state index contributed by atoms with van der Waals surface area (Å²) in [4.78, 5) is 52.1. The molecule has 0 bridgehead atoms. The minimum Gasteiger partial charge on any atom is -0.480 e. The second-order valence-electron chi connectivity index (χ2n) is 6.68. The fourth-order valence-corrected chi connectivity index (χ4v) is 2.92. The van der Waals surface area contributed by atoms with Gasteiger partial charge in [-0.15, -0.1) is 0 Å². The molecule has 0 aromatic heterocycles. The molecule has 4 atom stereocenters. The number of guanidine groups is 1. The number of nitrogens with two attached hydrogens (primary N) is 3. The normalized spacial score (nSPS) is 14.5. The van der Waals surface area contributed by atoms with Crippen LogP contribution in [0, 0.1) is 0 Å². The number of nitrogens with zero attached hydrogens (tertiary/aromatic N) is 1. The van der Waals surface area contributed by atoms with Crippen LogP contribution in [0.2, 0.25) is 0 Å². The Morgan fingerprint density at radius 3 is 2.10 bits per heavy atom. The number of carbonyl (C=O) groups is 4. The lowest BCUT2D eigenvalue weighted by atomic mass is 10.1. The molecule has 0 saturated carbocycles. The van der Waals surface area contributed by atoms with Crippen LogP contribution in [0.4, 0.5) is 0 Å². The van der Waals surface area contributed by atoms with Gasteiger partial charge in [0.25, 0.3) is 0 Å². The second-order valence-corrected chi connectivity index (χ2v) is 7.67. The van der Waals surface area contributed by atoms with E-state index in [1.807, 2.05) is 6.26 Å². The van der Waals surface area contributed by atoms with E-state index in [1.165, 1.54) is 18.7 Å². The summed E-state index contributed by atoms with van der Waals surface area (Å²) in [5, 5.41) is 26.0. The third-order valence-corrected chi connectivity index (χ3v) is 4.72. The van der Waals surface area contributed by atoms with Crippen LogP contribution in [0.1, 0.15) is 26.2 Å². The van der Waals surface area contributed by atoms with Gasteiger partial charge in [0, 0.05) is 6.54 Å². The van der Waals surface area contributed by atoms with Gasteiger partial charge in [0.15, 0.2) is 12.0 Å². The van der Waals surface area contributed by atoms with Gasteiger partial charge in [-0.2, -0.15) is 11.8 Å². The molecule has 31 heavy (non-hydrogen) atoms. The number of hydrogen-bond donors (Lipinski definition) is 8. The van der Waals surface area contributed by atoms with E-state index in [0.29, 0.717) is 18.6 Å². The van der Waals surface area contributed by atoms with Crippen molar-refractivity contribution in [1.82, 2.24) is 16.0 Å². The molecule has 0 aromatic rings. The molecular weight excluding hydrogens is 430 g/mol. The van der Waals surface area contributed by atoms with E-state index < -0.39 is 47.9 Å². The Balaban J connectivity index is 5.41. The minimum atomic E-state index is -1.56. The molecule has 0 aromatic carbocycles. The first-order valence-corrected chi connectivity index (χ1v) is 11.0. The Hall–Kier alpha value is -2.58. The predicted molar refractivity (Wildman–Crippen MR) is 117 cm³/mol. The van der Waals surface area contributed by atoms with Crippen molar-refractivity contribution in [2.24, 2.45) is 22.2 Å². The number of rotatable bonds is 15. The number of carboxylic acid groups (broad SMARTS) is 1. The van der Waals surface area contributed by atoms with Crippen LogP contribution < -0.4 is 33.2 Å². The van der Waals surface area contributed by atoms with E-state index in [-0.39, 0.29) is 25.5 Å². The maximum atomic E-state index is 12.7. The molecule has 0 aliphatic heterocycles. The Morgan fingerprint density at radius 1 is 1.03 bits per heavy atom. The van der Waals surface area contributed by atoms with Crippen LogP contribution in [-0.2, 0) is 19.2 Å². The molecule has 0 saturated heterocycles. The SMILES string of the molecule is CSCCC(NC(=O)CN)C(=O)NC(CCCN=C(N)N)C(=O)NC(C(=O)O)C(C)O. The minimum absolute atomic E-state index is 0.0839. The van der Waals surface area contributed by atoms with Gasteiger partial charge in [-0.3, -0.25) is 19.4 Å². The van der Waals surface area contributed by atoms with Crippen LogP contribution in [0.5, 0.6) is 0 Å². The van der Waals surface area contributed by atoms with Gasteiger partial charge in [0.1, 0.15) is 12.1 Å². The summed E-state index contributed by atoms with van der Waals surface area (Å²) in [6.45, 7) is 1.09. The van der Waals surface area contributed by atoms with Crippen molar-refractivity contribution in [3.8, 4) is 0 Å². The van der Waals surface area contributed by atoms with Crippen molar-refractivity contribution in [3.05, 3.63) is 0 Å². The number of thioether (sulfide) groups is 1. The molecule has 0 aliphatic carbocycles. The highest BCUT2D eigenvalue weighted by molar-refractivity contribution is 7.98. The summed E-state index contributed by atoms with van der Waals surface area (Å²) in [5.74, 6) is -2.96. The monoisotopic (exact) mass is 463 g/mol. The van der Waals surface area contributed by atoms with Gasteiger partial charge in [-0.25, -0.2) is 4.79 Å². The largest absolute Gasteiger partial charge is 0.480 e. The zero-order chi connectivity index (χ0) is 24.0. The van der Waals surface area contributed by atoms with Crippen molar-refractivity contribution in [3.63, 3.8) is 0 Å². The highest BCUT2D eigenvalue weighted by atomic mass is 32.2. The molecule has 0 fully saturated rings. The Morgan fingerprint density at radius 2 is 1.61 bits per heavy atom. The summed E-state index contributed by atoms with van der Waals surface area (Å²) in [7, 11) is 0. The van der Waals surface area contributed by atoms with Crippen molar-refractivity contribution >= 4 is 41.4 Å². The number of aliphatic carboxylic acids is 1. The van der Waals surface area contributed by atoms with Gasteiger partial charge >= 0.3 is 5.97 Å². The van der Waals surface area contributed by atoms with Gasteiger partial charge < -0.3 is 43.4 Å². The molecule has 14 heteroatoms. The molecule has 3 amide bonds. The lowest BCUT2D eigenvalue weighted by Gasteiger charge is -2.25. The molecule has 0 radical (unpaired) electrons. The molecule has 0 aliphatic rings. The Bertz CT molecular complexity index is 642. The highest BCUT2D eigenvalue weighted by Gasteiger charge is 2.31. The topological polar surface area (TPSA) is 235 Å². The molecule has 0 rings (SSSR count). The third kappa shape index (κ3) is 12.0. The van der Waals surface area contributed by atoms with Crippen molar-refractivity contribution in [2.75, 3.05) is 25.1 Å². The molecule has 11 N–H and O–H groups in total. The molecule has 178 valence electrons. The summed E-state index contributed by atoms with van der Waals surface area (Å²) in [6.07, 6.45) is 1.15. The molecule has 0 spiro atoms. The van der Waals surface area contributed by atoms with Gasteiger partial charge in [-0.1, -0.05) is 0 Å². The summed E-state index contributed by atoms with van der Waals surface area (Å²) in [5.41, 5.74) is 15.8.